The molecule has 1 aromatic heterocycles. The molecule has 0 atom stereocenters. The molecule has 2 N–H and O–H groups in total. The summed E-state index contributed by atoms with van der Waals surface area (Å²) < 4.78 is 40.2. The van der Waals surface area contributed by atoms with E-state index in [1.165, 1.54) is 6.07 Å². The number of benzene rings is 1. The van der Waals surface area contributed by atoms with Crippen molar-refractivity contribution < 1.29 is 18.3 Å². The first-order chi connectivity index (χ1) is 11.8. The molecule has 1 saturated heterocycles. The third-order valence-corrected chi connectivity index (χ3v) is 4.79. The maximum Gasteiger partial charge on any atom is 0.416 e. The van der Waals surface area contributed by atoms with Crippen molar-refractivity contribution in [3.63, 3.8) is 0 Å². The van der Waals surface area contributed by atoms with Crippen LogP contribution in [0.15, 0.2) is 41.5 Å². The number of rotatable bonds is 4. The van der Waals surface area contributed by atoms with Crippen LogP contribution in [0.5, 0.6) is 0 Å². The van der Waals surface area contributed by atoms with Gasteiger partial charge in [0.1, 0.15) is 0 Å². The molecule has 1 aliphatic rings. The third kappa shape index (κ3) is 3.96. The molecule has 8 heteroatoms. The van der Waals surface area contributed by atoms with Crippen molar-refractivity contribution >= 4 is 0 Å². The highest BCUT2D eigenvalue weighted by molar-refractivity contribution is 5.30. The predicted octanol–water partition coefficient (Wildman–Crippen LogP) is 2.18. The maximum absolute atomic E-state index is 12.9. The number of piperidine rings is 1. The summed E-state index contributed by atoms with van der Waals surface area (Å²) in [4.78, 5) is 16.1. The Hall–Kier alpha value is -2.06. The number of nitrogens with one attached hydrogen (secondary N) is 1. The van der Waals surface area contributed by atoms with E-state index in [2.05, 4.69) is 9.88 Å². The third-order valence-electron chi connectivity index (χ3n) is 4.79. The first-order valence-corrected chi connectivity index (χ1v) is 8.14. The normalized spacial score (nSPS) is 18.4. The number of hydrogen-bond acceptors (Lipinski definition) is 3. The van der Waals surface area contributed by atoms with Crippen LogP contribution in [0.4, 0.5) is 13.2 Å². The molecule has 0 bridgehead atoms. The van der Waals surface area contributed by atoms with Crippen LogP contribution in [-0.2, 0) is 18.3 Å². The van der Waals surface area contributed by atoms with Gasteiger partial charge in [0.25, 0.3) is 0 Å². The summed E-state index contributed by atoms with van der Waals surface area (Å²) in [6.07, 6.45) is -0.459. The number of aromatic amines is 1. The van der Waals surface area contributed by atoms with Crippen LogP contribution in [0.2, 0.25) is 0 Å². The zero-order chi connectivity index (χ0) is 18.1. The van der Waals surface area contributed by atoms with Gasteiger partial charge in [0.05, 0.1) is 11.2 Å². The Morgan fingerprint density at radius 2 is 1.92 bits per heavy atom. The zero-order valence-corrected chi connectivity index (χ0v) is 13.6. The van der Waals surface area contributed by atoms with Crippen LogP contribution >= 0.6 is 0 Å². The standard InChI is InChI=1S/C17H20F3N3O2/c18-17(19,20)14-3-1-2-13(12-14)16(25)4-7-22(8-5-16)10-11-23-9-6-21-15(23)24/h1-3,6,9,12,25H,4-5,7-8,10-11H2,(H,21,24). The molecular weight excluding hydrogens is 335 g/mol. The van der Waals surface area contributed by atoms with Crippen molar-refractivity contribution in [3.05, 3.63) is 58.3 Å². The van der Waals surface area contributed by atoms with Crippen molar-refractivity contribution in [1.29, 1.82) is 0 Å². The molecule has 0 unspecified atom stereocenters. The SMILES string of the molecule is O=c1[nH]ccn1CCN1CCC(O)(c2cccc(C(F)(F)F)c2)CC1. The number of hydrogen-bond donors (Lipinski definition) is 2. The quantitative estimate of drug-likeness (QED) is 0.884. The average molecular weight is 355 g/mol. The van der Waals surface area contributed by atoms with Gasteiger partial charge in [-0.25, -0.2) is 4.79 Å². The molecule has 0 radical (unpaired) electrons. The molecule has 1 aliphatic heterocycles. The second-order valence-electron chi connectivity index (χ2n) is 6.41. The molecule has 2 heterocycles. The fourth-order valence-electron chi connectivity index (χ4n) is 3.19. The topological polar surface area (TPSA) is 61.3 Å². The highest BCUT2D eigenvalue weighted by atomic mass is 19.4. The van der Waals surface area contributed by atoms with Gasteiger partial charge >= 0.3 is 11.9 Å². The summed E-state index contributed by atoms with van der Waals surface area (Å²) in [5, 5.41) is 10.8. The van der Waals surface area contributed by atoms with Crippen LogP contribution in [0.25, 0.3) is 0 Å². The van der Waals surface area contributed by atoms with Crippen molar-refractivity contribution in [3.8, 4) is 0 Å². The Morgan fingerprint density at radius 1 is 1.20 bits per heavy atom. The number of imidazole rings is 1. The predicted molar refractivity (Wildman–Crippen MR) is 86.1 cm³/mol. The van der Waals surface area contributed by atoms with Crippen molar-refractivity contribution in [1.82, 2.24) is 14.5 Å². The Bertz CT molecular complexity index is 774. The number of nitrogens with zero attached hydrogens (tertiary/aromatic N) is 2. The minimum absolute atomic E-state index is 0.169. The number of alkyl halides is 3. The number of aliphatic hydroxyl groups is 1. The molecule has 3 rings (SSSR count). The Kier molecular flexibility index (Phi) is 4.75. The summed E-state index contributed by atoms with van der Waals surface area (Å²) in [5.41, 5.74) is -1.85. The Morgan fingerprint density at radius 3 is 2.52 bits per heavy atom. The van der Waals surface area contributed by atoms with Gasteiger partial charge in [-0.15, -0.1) is 0 Å². The molecule has 1 fully saturated rings. The molecular formula is C17H20F3N3O2. The highest BCUT2D eigenvalue weighted by Crippen LogP contribution is 2.36. The minimum atomic E-state index is -4.42. The van der Waals surface area contributed by atoms with Gasteiger partial charge in [-0.05, 0) is 30.5 Å². The number of halogens is 3. The Labute approximate surface area is 142 Å². The molecule has 2 aromatic rings. The molecule has 0 spiro atoms. The summed E-state index contributed by atoms with van der Waals surface area (Å²) in [6.45, 7) is 2.30. The van der Waals surface area contributed by atoms with Gasteiger partial charge in [0.15, 0.2) is 0 Å². The number of aromatic nitrogens is 2. The average Bonchev–Trinajstić information content (AvgIpc) is 2.99. The monoisotopic (exact) mass is 355 g/mol. The van der Waals surface area contributed by atoms with E-state index in [0.29, 0.717) is 44.6 Å². The minimum Gasteiger partial charge on any atom is -0.385 e. The van der Waals surface area contributed by atoms with Crippen LogP contribution in [-0.4, -0.2) is 39.2 Å². The summed E-state index contributed by atoms with van der Waals surface area (Å²) in [5.74, 6) is 0. The van der Waals surface area contributed by atoms with Crippen LogP contribution in [0, 0.1) is 0 Å². The fraction of sp³-hybridized carbons (Fsp3) is 0.471. The molecule has 136 valence electrons. The van der Waals surface area contributed by atoms with E-state index in [0.717, 1.165) is 12.1 Å². The van der Waals surface area contributed by atoms with E-state index in [4.69, 9.17) is 0 Å². The van der Waals surface area contributed by atoms with Gasteiger partial charge in [0.2, 0.25) is 0 Å². The first-order valence-electron chi connectivity index (χ1n) is 8.14. The Balaban J connectivity index is 1.62. The van der Waals surface area contributed by atoms with Crippen molar-refractivity contribution in [2.24, 2.45) is 0 Å². The van der Waals surface area contributed by atoms with Crippen LogP contribution in [0.3, 0.4) is 0 Å². The van der Waals surface area contributed by atoms with E-state index in [9.17, 15) is 23.1 Å². The van der Waals surface area contributed by atoms with E-state index < -0.39 is 17.3 Å². The van der Waals surface area contributed by atoms with Gasteiger partial charge in [0, 0.05) is 38.6 Å². The molecule has 0 aliphatic carbocycles. The highest BCUT2D eigenvalue weighted by Gasteiger charge is 2.36. The second kappa shape index (κ2) is 6.68. The molecule has 0 saturated carbocycles. The smallest absolute Gasteiger partial charge is 0.385 e. The van der Waals surface area contributed by atoms with Crippen LogP contribution < -0.4 is 5.69 Å². The number of H-pyrrole nitrogens is 1. The molecule has 1 aromatic carbocycles. The molecule has 0 amide bonds. The van der Waals surface area contributed by atoms with E-state index >= 15 is 0 Å². The molecule has 25 heavy (non-hydrogen) atoms. The van der Waals surface area contributed by atoms with Gasteiger partial charge < -0.3 is 15.0 Å². The van der Waals surface area contributed by atoms with Crippen molar-refractivity contribution in [2.75, 3.05) is 19.6 Å². The lowest BCUT2D eigenvalue weighted by molar-refractivity contribution is -0.137. The maximum atomic E-state index is 12.9. The van der Waals surface area contributed by atoms with Crippen molar-refractivity contribution in [2.45, 2.75) is 31.2 Å². The van der Waals surface area contributed by atoms with Gasteiger partial charge in [-0.2, -0.15) is 13.2 Å². The van der Waals surface area contributed by atoms with E-state index in [-0.39, 0.29) is 5.69 Å². The fourth-order valence-corrected chi connectivity index (χ4v) is 3.19. The number of likely N-dealkylation sites (tertiary alicyclic amines) is 1. The lowest BCUT2D eigenvalue weighted by Gasteiger charge is -2.38. The zero-order valence-electron chi connectivity index (χ0n) is 13.6. The summed E-state index contributed by atoms with van der Waals surface area (Å²) in [7, 11) is 0. The summed E-state index contributed by atoms with van der Waals surface area (Å²) >= 11 is 0. The second-order valence-corrected chi connectivity index (χ2v) is 6.41. The lowest BCUT2D eigenvalue weighted by atomic mass is 9.84. The van der Waals surface area contributed by atoms with Crippen LogP contribution in [0.1, 0.15) is 24.0 Å². The van der Waals surface area contributed by atoms with E-state index in [1.807, 2.05) is 0 Å². The largest absolute Gasteiger partial charge is 0.416 e. The van der Waals surface area contributed by atoms with Gasteiger partial charge in [-0.3, -0.25) is 4.57 Å². The first kappa shape index (κ1) is 17.8. The summed E-state index contributed by atoms with van der Waals surface area (Å²) in [6, 6.07) is 4.93. The van der Waals surface area contributed by atoms with E-state index in [1.54, 1.807) is 23.0 Å². The lowest BCUT2D eigenvalue weighted by Crippen LogP contribution is -2.44. The molecule has 5 nitrogen and oxygen atoms in total. The van der Waals surface area contributed by atoms with Gasteiger partial charge in [-0.1, -0.05) is 12.1 Å².